The molecule has 0 saturated carbocycles. The molecule has 0 aliphatic heterocycles. The maximum absolute atomic E-state index is 5.75. The van der Waals surface area contributed by atoms with Gasteiger partial charge in [-0.2, -0.15) is 0 Å². The second-order valence-corrected chi connectivity index (χ2v) is 4.76. The number of hydrogen-bond acceptors (Lipinski definition) is 2. The molecule has 0 unspecified atom stereocenters. The zero-order valence-corrected chi connectivity index (χ0v) is 15.2. The van der Waals surface area contributed by atoms with Crippen molar-refractivity contribution < 1.29 is 0 Å². The first-order chi connectivity index (χ1) is 9.26. The molecule has 0 radical (unpaired) electrons. The van der Waals surface area contributed by atoms with Gasteiger partial charge >= 0.3 is 0 Å². The van der Waals surface area contributed by atoms with E-state index in [4.69, 9.17) is 11.6 Å². The minimum Gasteiger partial charge on any atom is -0.356 e. The summed E-state index contributed by atoms with van der Waals surface area (Å²) < 4.78 is 0. The summed E-state index contributed by atoms with van der Waals surface area (Å²) in [7, 11) is 1.79. The molecule has 0 fully saturated rings. The monoisotopic (exact) mass is 410 g/mol. The topological polar surface area (TPSA) is 49.3 Å². The molecule has 114 valence electrons. The van der Waals surface area contributed by atoms with E-state index in [1.165, 1.54) is 24.8 Å². The van der Waals surface area contributed by atoms with Gasteiger partial charge in [-0.25, -0.2) is 4.98 Å². The average molecular weight is 411 g/mol. The van der Waals surface area contributed by atoms with Crippen molar-refractivity contribution in [3.05, 3.63) is 29.0 Å². The number of nitrogens with zero attached hydrogens (tertiary/aromatic N) is 2. The van der Waals surface area contributed by atoms with Crippen molar-refractivity contribution >= 4 is 41.5 Å². The van der Waals surface area contributed by atoms with Gasteiger partial charge in [-0.3, -0.25) is 4.99 Å². The molecule has 0 atom stereocenters. The summed E-state index contributed by atoms with van der Waals surface area (Å²) in [6.07, 6.45) is 6.37. The number of aromatic nitrogens is 1. The van der Waals surface area contributed by atoms with E-state index < -0.39 is 0 Å². The van der Waals surface area contributed by atoms with Gasteiger partial charge in [-0.1, -0.05) is 37.4 Å². The van der Waals surface area contributed by atoms with Gasteiger partial charge in [0.1, 0.15) is 5.15 Å². The summed E-state index contributed by atoms with van der Waals surface area (Å²) in [5.74, 6) is 0.859. The highest BCUT2D eigenvalue weighted by atomic mass is 127. The van der Waals surface area contributed by atoms with Crippen LogP contribution in [0.25, 0.3) is 0 Å². The van der Waals surface area contributed by atoms with Crippen molar-refractivity contribution in [1.29, 1.82) is 0 Å². The second-order valence-electron chi connectivity index (χ2n) is 4.37. The summed E-state index contributed by atoms with van der Waals surface area (Å²) in [5, 5.41) is 7.12. The lowest BCUT2D eigenvalue weighted by molar-refractivity contribution is 0.682. The quantitative estimate of drug-likeness (QED) is 0.238. The number of guanidine groups is 1. The molecule has 20 heavy (non-hydrogen) atoms. The molecule has 0 aliphatic rings. The standard InChI is InChI=1S/C14H23ClN4.HI/c1-3-4-5-9-17-14(16-2)18-10-8-12-6-7-13(15)19-11-12;/h6-7,11H,3-5,8-10H2,1-2H3,(H2,16,17,18);1H. The third kappa shape index (κ3) is 8.58. The zero-order valence-electron chi connectivity index (χ0n) is 12.2. The van der Waals surface area contributed by atoms with E-state index in [0.717, 1.165) is 25.5 Å². The molecule has 1 aromatic heterocycles. The van der Waals surface area contributed by atoms with E-state index in [2.05, 4.69) is 27.5 Å². The minimum atomic E-state index is 0. The molecule has 6 heteroatoms. The van der Waals surface area contributed by atoms with Crippen molar-refractivity contribution in [2.75, 3.05) is 20.1 Å². The number of unbranched alkanes of at least 4 members (excludes halogenated alkanes) is 2. The molecule has 0 spiro atoms. The second kappa shape index (κ2) is 12.2. The summed E-state index contributed by atoms with van der Waals surface area (Å²) in [5.41, 5.74) is 1.17. The lowest BCUT2D eigenvalue weighted by atomic mass is 10.2. The Balaban J connectivity index is 0.00000361. The first-order valence-electron chi connectivity index (χ1n) is 6.81. The van der Waals surface area contributed by atoms with Crippen molar-refractivity contribution in [2.45, 2.75) is 32.6 Å². The fraction of sp³-hybridized carbons (Fsp3) is 0.571. The van der Waals surface area contributed by atoms with E-state index in [0.29, 0.717) is 5.15 Å². The smallest absolute Gasteiger partial charge is 0.190 e. The van der Waals surface area contributed by atoms with Gasteiger partial charge in [0.25, 0.3) is 0 Å². The zero-order chi connectivity index (χ0) is 13.9. The SMILES string of the molecule is CCCCCNC(=NC)NCCc1ccc(Cl)nc1.I. The first kappa shape index (κ1) is 19.4. The van der Waals surface area contributed by atoms with Crippen LogP contribution in [0.15, 0.2) is 23.3 Å². The molecule has 1 rings (SSSR count). The highest BCUT2D eigenvalue weighted by Crippen LogP contribution is 2.05. The molecule has 0 aliphatic carbocycles. The molecule has 0 amide bonds. The number of rotatable bonds is 7. The molecule has 1 aromatic rings. The maximum atomic E-state index is 5.75. The molecular weight excluding hydrogens is 387 g/mol. The van der Waals surface area contributed by atoms with Crippen molar-refractivity contribution in [2.24, 2.45) is 4.99 Å². The third-order valence-electron chi connectivity index (χ3n) is 2.79. The van der Waals surface area contributed by atoms with Gasteiger partial charge in [0.2, 0.25) is 0 Å². The highest BCUT2D eigenvalue weighted by Gasteiger charge is 1.98. The van der Waals surface area contributed by atoms with Crippen molar-refractivity contribution in [3.63, 3.8) is 0 Å². The van der Waals surface area contributed by atoms with Gasteiger partial charge in [-0.15, -0.1) is 24.0 Å². The predicted molar refractivity (Wildman–Crippen MR) is 97.3 cm³/mol. The van der Waals surface area contributed by atoms with Crippen LogP contribution in [0.5, 0.6) is 0 Å². The normalized spacial score (nSPS) is 10.8. The van der Waals surface area contributed by atoms with Crippen LogP contribution >= 0.6 is 35.6 Å². The Morgan fingerprint density at radius 3 is 2.60 bits per heavy atom. The van der Waals surface area contributed by atoms with Crippen LogP contribution in [0.4, 0.5) is 0 Å². The third-order valence-corrected chi connectivity index (χ3v) is 3.01. The maximum Gasteiger partial charge on any atom is 0.190 e. The van der Waals surface area contributed by atoms with Gasteiger partial charge in [-0.05, 0) is 24.5 Å². The fourth-order valence-corrected chi connectivity index (χ4v) is 1.79. The Morgan fingerprint density at radius 1 is 1.25 bits per heavy atom. The van der Waals surface area contributed by atoms with Crippen LogP contribution in [0.3, 0.4) is 0 Å². The number of nitrogens with one attached hydrogen (secondary N) is 2. The Hall–Kier alpha value is -0.560. The van der Waals surface area contributed by atoms with Crippen LogP contribution in [-0.2, 0) is 6.42 Å². The Bertz CT molecular complexity index is 381. The van der Waals surface area contributed by atoms with Crippen LogP contribution in [0.2, 0.25) is 5.15 Å². The van der Waals surface area contributed by atoms with Crippen molar-refractivity contribution in [3.8, 4) is 0 Å². The van der Waals surface area contributed by atoms with E-state index in [1.807, 2.05) is 12.1 Å². The van der Waals surface area contributed by atoms with Gasteiger partial charge in [0.05, 0.1) is 0 Å². The fourth-order valence-electron chi connectivity index (χ4n) is 1.68. The van der Waals surface area contributed by atoms with E-state index in [9.17, 15) is 0 Å². The summed E-state index contributed by atoms with van der Waals surface area (Å²) in [4.78, 5) is 8.25. The largest absolute Gasteiger partial charge is 0.356 e. The molecule has 0 aromatic carbocycles. The first-order valence-corrected chi connectivity index (χ1v) is 7.19. The summed E-state index contributed by atoms with van der Waals surface area (Å²) in [6.45, 7) is 4.00. The molecular formula is C14H24ClIN4. The number of pyridine rings is 1. The lowest BCUT2D eigenvalue weighted by Crippen LogP contribution is -2.38. The minimum absolute atomic E-state index is 0. The van der Waals surface area contributed by atoms with Crippen LogP contribution < -0.4 is 10.6 Å². The Kier molecular flexibility index (Phi) is 11.9. The van der Waals surface area contributed by atoms with Crippen molar-refractivity contribution in [1.82, 2.24) is 15.6 Å². The van der Waals surface area contributed by atoms with Gasteiger partial charge in [0.15, 0.2) is 5.96 Å². The van der Waals surface area contributed by atoms with E-state index in [1.54, 1.807) is 13.2 Å². The highest BCUT2D eigenvalue weighted by molar-refractivity contribution is 14.0. The average Bonchev–Trinajstić information content (AvgIpc) is 2.43. The van der Waals surface area contributed by atoms with Gasteiger partial charge in [0, 0.05) is 26.3 Å². The van der Waals surface area contributed by atoms with E-state index in [-0.39, 0.29) is 24.0 Å². The van der Waals surface area contributed by atoms with Crippen LogP contribution in [0, 0.1) is 0 Å². The van der Waals surface area contributed by atoms with Gasteiger partial charge < -0.3 is 10.6 Å². The number of hydrogen-bond donors (Lipinski definition) is 2. The van der Waals surface area contributed by atoms with Crippen LogP contribution in [-0.4, -0.2) is 31.1 Å². The summed E-state index contributed by atoms with van der Waals surface area (Å²) in [6, 6.07) is 3.81. The molecule has 0 saturated heterocycles. The lowest BCUT2D eigenvalue weighted by Gasteiger charge is -2.11. The van der Waals surface area contributed by atoms with E-state index >= 15 is 0 Å². The molecule has 1 heterocycles. The number of halogens is 2. The molecule has 4 nitrogen and oxygen atoms in total. The van der Waals surface area contributed by atoms with Crippen LogP contribution in [0.1, 0.15) is 31.7 Å². The summed E-state index contributed by atoms with van der Waals surface area (Å²) >= 11 is 5.75. The molecule has 0 bridgehead atoms. The Morgan fingerprint density at radius 2 is 2.00 bits per heavy atom. The molecule has 2 N–H and O–H groups in total. The Labute approximate surface area is 143 Å². The number of aliphatic imine (C=N–C) groups is 1. The predicted octanol–water partition coefficient (Wildman–Crippen LogP) is 3.25.